The van der Waals surface area contributed by atoms with E-state index >= 15 is 0 Å². The zero-order valence-corrected chi connectivity index (χ0v) is 37.1. The molecule has 2 unspecified atom stereocenters. The highest BCUT2D eigenvalue weighted by molar-refractivity contribution is 5.84. The van der Waals surface area contributed by atoms with Crippen LogP contribution in [-0.2, 0) is 19.1 Å². The van der Waals surface area contributed by atoms with Crippen LogP contribution in [0.2, 0.25) is 0 Å². The van der Waals surface area contributed by atoms with E-state index in [0.717, 1.165) is 75.6 Å². The van der Waals surface area contributed by atoms with Crippen LogP contribution in [0.4, 0.5) is 9.59 Å². The third-order valence-corrected chi connectivity index (χ3v) is 13.8. The first-order chi connectivity index (χ1) is 29.3. The van der Waals surface area contributed by atoms with Crippen LogP contribution < -0.4 is 21.3 Å². The lowest BCUT2D eigenvalue weighted by atomic mass is 9.88. The summed E-state index contributed by atoms with van der Waals surface area (Å²) in [5.41, 5.74) is 3.04. The van der Waals surface area contributed by atoms with Crippen LogP contribution in [0.1, 0.15) is 105 Å². The van der Waals surface area contributed by atoms with Crippen molar-refractivity contribution in [2.45, 2.75) is 159 Å². The van der Waals surface area contributed by atoms with Crippen LogP contribution in [0, 0.1) is 17.8 Å². The monoisotopic (exact) mass is 850 g/mol. The number of hydrogen-bond acceptors (Lipinski definition) is 11. The van der Waals surface area contributed by atoms with Gasteiger partial charge in [-0.1, -0.05) is 63.6 Å². The van der Waals surface area contributed by atoms with Gasteiger partial charge in [-0.05, 0) is 107 Å². The fourth-order valence-electron chi connectivity index (χ4n) is 10.5. The van der Waals surface area contributed by atoms with Crippen molar-refractivity contribution in [2.75, 3.05) is 27.3 Å². The Bertz CT molecular complexity index is 1730. The van der Waals surface area contributed by atoms with Crippen LogP contribution in [-0.4, -0.2) is 131 Å². The van der Waals surface area contributed by atoms with Gasteiger partial charge in [-0.3, -0.25) is 24.3 Å². The molecule has 4 amide bonds. The molecule has 0 spiro atoms. The molecule has 338 valence electrons. The number of likely N-dealkylation sites (tertiary alicyclic amines) is 3. The second-order valence-corrected chi connectivity index (χ2v) is 18.3. The van der Waals surface area contributed by atoms with Gasteiger partial charge in [0.2, 0.25) is 11.8 Å². The van der Waals surface area contributed by atoms with Gasteiger partial charge in [-0.2, -0.15) is 0 Å². The number of amides is 4. The van der Waals surface area contributed by atoms with E-state index in [-0.39, 0.29) is 23.7 Å². The minimum atomic E-state index is -1.03. The Morgan fingerprint density at radius 3 is 1.84 bits per heavy atom. The van der Waals surface area contributed by atoms with E-state index in [2.05, 4.69) is 62.6 Å². The topological polar surface area (TPSA) is 185 Å². The Balaban J connectivity index is 1.08. The van der Waals surface area contributed by atoms with Crippen LogP contribution in [0.5, 0.6) is 0 Å². The van der Waals surface area contributed by atoms with Gasteiger partial charge in [0.1, 0.15) is 12.5 Å². The number of nitrogens with zero attached hydrogens (tertiary/aromatic N) is 3. The summed E-state index contributed by atoms with van der Waals surface area (Å²) in [7, 11) is 2.59. The average molecular weight is 850 g/mol. The second-order valence-electron chi connectivity index (χ2n) is 18.3. The molecule has 3 aliphatic heterocycles. The number of rotatable bonds is 15. The van der Waals surface area contributed by atoms with Crippen molar-refractivity contribution in [3.05, 3.63) is 59.5 Å². The zero-order chi connectivity index (χ0) is 43.8. The molecule has 0 saturated carbocycles. The number of hydrogen-bond donors (Lipinski definition) is 6. The lowest BCUT2D eigenvalue weighted by molar-refractivity contribution is -0.130. The number of aliphatic hydroxyl groups is 2. The molecule has 3 aliphatic carbocycles. The Morgan fingerprint density at radius 2 is 1.34 bits per heavy atom. The fraction of sp³-hybridized carbons (Fsp3) is 0.696. The Morgan fingerprint density at radius 1 is 0.738 bits per heavy atom. The van der Waals surface area contributed by atoms with Crippen molar-refractivity contribution in [3.63, 3.8) is 0 Å². The highest BCUT2D eigenvalue weighted by atomic mass is 16.5. The van der Waals surface area contributed by atoms with E-state index in [4.69, 9.17) is 9.47 Å². The second kappa shape index (κ2) is 21.4. The molecular formula is C46H71N7O8. The molecule has 3 saturated heterocycles. The Hall–Kier alpha value is -4.02. The zero-order valence-electron chi connectivity index (χ0n) is 37.1. The molecule has 0 radical (unpaired) electrons. The standard InChI is InChI=1S/C46H71N7O8/c1-28(2)39(49-45(58)60-5)43(56)51-26-10-14-37(51)41(54)47-32-20-16-30(17-21-32)35-24-25-36(53(35)34-12-8-7-9-13-34)31-18-22-33(23-19-31)48-42(55)38-15-11-27-52(38)44(57)40(29(3)4)50-46(59)61-6/h8,12,16,18,20-22,28-30,34-40,43-44,56-57H,7,9-11,13-15,17,19,23-27H2,1-6H3,(H,47,54)(H,48,55)(H,49,58)(H,50,59)/t30-,34-,35?,36?,37-,38-,39-,40-,43+,44-/m0/s1. The maximum absolute atomic E-state index is 13.7. The van der Waals surface area contributed by atoms with Crippen molar-refractivity contribution in [1.82, 2.24) is 36.0 Å². The molecule has 0 aromatic heterocycles. The predicted octanol–water partition coefficient (Wildman–Crippen LogP) is 4.55. The summed E-state index contributed by atoms with van der Waals surface area (Å²) in [4.78, 5) is 57.7. The first-order valence-electron chi connectivity index (χ1n) is 22.7. The quantitative estimate of drug-likeness (QED) is 0.127. The van der Waals surface area contributed by atoms with Crippen LogP contribution >= 0.6 is 0 Å². The third-order valence-electron chi connectivity index (χ3n) is 13.8. The molecule has 15 heteroatoms. The summed E-state index contributed by atoms with van der Waals surface area (Å²) < 4.78 is 9.57. The van der Waals surface area contributed by atoms with Crippen molar-refractivity contribution in [1.29, 1.82) is 0 Å². The van der Waals surface area contributed by atoms with Gasteiger partial charge in [0.25, 0.3) is 0 Å². The number of aliphatic hydroxyl groups excluding tert-OH is 2. The maximum Gasteiger partial charge on any atom is 0.407 e. The maximum atomic E-state index is 13.7. The smallest absolute Gasteiger partial charge is 0.407 e. The van der Waals surface area contributed by atoms with E-state index in [1.54, 1.807) is 9.80 Å². The Labute approximate surface area is 362 Å². The van der Waals surface area contributed by atoms with Crippen molar-refractivity contribution < 1.29 is 38.9 Å². The van der Waals surface area contributed by atoms with Crippen molar-refractivity contribution in [2.24, 2.45) is 17.8 Å². The summed E-state index contributed by atoms with van der Waals surface area (Å²) in [6.45, 7) is 8.79. The van der Waals surface area contributed by atoms with E-state index < -0.39 is 48.8 Å². The van der Waals surface area contributed by atoms with Gasteiger partial charge in [0, 0.05) is 42.6 Å². The van der Waals surface area contributed by atoms with E-state index in [1.165, 1.54) is 19.8 Å². The molecule has 15 nitrogen and oxygen atoms in total. The normalized spacial score (nSPS) is 29.3. The molecule has 61 heavy (non-hydrogen) atoms. The molecule has 0 aromatic rings. The third kappa shape index (κ3) is 11.1. The van der Waals surface area contributed by atoms with Crippen molar-refractivity contribution in [3.8, 4) is 0 Å². The van der Waals surface area contributed by atoms with Crippen LogP contribution in [0.3, 0.4) is 0 Å². The first-order valence-corrected chi connectivity index (χ1v) is 22.7. The van der Waals surface area contributed by atoms with Crippen molar-refractivity contribution >= 4 is 24.0 Å². The Kier molecular flexibility index (Phi) is 16.3. The fourth-order valence-corrected chi connectivity index (χ4v) is 10.5. The van der Waals surface area contributed by atoms with Gasteiger partial charge in [0.15, 0.2) is 0 Å². The first kappa shape index (κ1) is 46.5. The van der Waals surface area contributed by atoms with Gasteiger partial charge in [-0.25, -0.2) is 9.59 Å². The summed E-state index contributed by atoms with van der Waals surface area (Å²) >= 11 is 0. The lowest BCUT2D eigenvalue weighted by Crippen LogP contribution is -2.57. The SMILES string of the molecule is COC(=O)N[C@@H](C(C)C)[C@@H](O)N1CCC[C@H]1C(=O)NC1=CC[C@@H](C2CCC(C3=CC=C(NC(=O)[C@@H]4CCCN4[C@@H](O)[C@@H](NC(=O)OC)C(C)C)CC3)N2[C@H]2C=CCCC2)C=C1. The molecule has 6 N–H and O–H groups in total. The van der Waals surface area contributed by atoms with Gasteiger partial charge in [0.05, 0.1) is 38.4 Å². The highest BCUT2D eigenvalue weighted by Gasteiger charge is 2.44. The van der Waals surface area contributed by atoms with Gasteiger partial charge >= 0.3 is 12.2 Å². The number of methoxy groups -OCH3 is 2. The summed E-state index contributed by atoms with van der Waals surface area (Å²) in [5.74, 6) is -0.140. The number of carbonyl (C=O) groups is 4. The number of alkyl carbamates (subject to hydrolysis) is 2. The van der Waals surface area contributed by atoms with Crippen LogP contribution in [0.25, 0.3) is 0 Å². The molecule has 6 aliphatic rings. The largest absolute Gasteiger partial charge is 0.453 e. The van der Waals surface area contributed by atoms with Crippen LogP contribution in [0.15, 0.2) is 59.5 Å². The molecule has 6 rings (SSSR count). The summed E-state index contributed by atoms with van der Waals surface area (Å²) in [6, 6.07) is -1.20. The molecule has 3 fully saturated rings. The predicted molar refractivity (Wildman–Crippen MR) is 232 cm³/mol. The van der Waals surface area contributed by atoms with E-state index in [9.17, 15) is 29.4 Å². The highest BCUT2D eigenvalue weighted by Crippen LogP contribution is 2.41. The lowest BCUT2D eigenvalue weighted by Gasteiger charge is -2.41. The minimum Gasteiger partial charge on any atom is -0.453 e. The summed E-state index contributed by atoms with van der Waals surface area (Å²) in [6.07, 6.45) is 22.9. The number of nitrogens with one attached hydrogen (secondary N) is 4. The summed E-state index contributed by atoms with van der Waals surface area (Å²) in [5, 5.41) is 34.4. The molecule has 0 aromatic carbocycles. The van der Waals surface area contributed by atoms with E-state index in [0.29, 0.717) is 50.0 Å². The molecule has 0 bridgehead atoms. The van der Waals surface area contributed by atoms with Gasteiger partial charge < -0.3 is 41.0 Å². The van der Waals surface area contributed by atoms with E-state index in [1.807, 2.05) is 33.8 Å². The number of carbonyl (C=O) groups excluding carboxylic acids is 4. The molecular weight excluding hydrogens is 779 g/mol. The average Bonchev–Trinajstić information content (AvgIpc) is 4.06. The molecule has 3 heterocycles. The molecule has 10 atom stereocenters. The number of ether oxygens (including phenoxy) is 2. The van der Waals surface area contributed by atoms with Gasteiger partial charge in [-0.15, -0.1) is 0 Å². The minimum absolute atomic E-state index is 0.0724. The number of allylic oxidation sites excluding steroid dienone is 6.